The first-order valence-corrected chi connectivity index (χ1v) is 29.4. The number of ether oxygens (including phenoxy) is 4. The van der Waals surface area contributed by atoms with Crippen molar-refractivity contribution in [2.75, 3.05) is 60.7 Å². The van der Waals surface area contributed by atoms with Crippen molar-refractivity contribution in [2.24, 2.45) is 0 Å². The first kappa shape index (κ1) is 56.7. The number of amides is 2. The second kappa shape index (κ2) is 23.1. The van der Waals surface area contributed by atoms with E-state index in [2.05, 4.69) is 29.8 Å². The van der Waals surface area contributed by atoms with E-state index >= 15 is 0 Å². The molecule has 26 heteroatoms. The molecule has 4 fully saturated rings. The van der Waals surface area contributed by atoms with Gasteiger partial charge in [-0.15, -0.1) is 5.10 Å². The van der Waals surface area contributed by atoms with E-state index in [0.29, 0.717) is 72.6 Å². The van der Waals surface area contributed by atoms with E-state index in [1.165, 1.54) is 68.9 Å². The predicted molar refractivity (Wildman–Crippen MR) is 294 cm³/mol. The lowest BCUT2D eigenvalue weighted by atomic mass is 10.0. The SMILES string of the molecule is CC(C)(C)S(=O)(=O)NC(=O)c1cnc2ccc(N3CCCC3c3cc(F)ccc3OC3CCOCC3)cn12.Cc1ccc(N(C)S(=O)(=O)NC(=O)c2cnc3ccc(N4CC(F)CC4c4cc(F)ccc4OC4CCOC4)cn23)nn1. The monoisotopic (exact) mass is 1160 g/mol. The van der Waals surface area contributed by atoms with Gasteiger partial charge in [-0.25, -0.2) is 45.3 Å². The Bertz CT molecular complexity index is 3680. The summed E-state index contributed by atoms with van der Waals surface area (Å²) < 4.78 is 125. The van der Waals surface area contributed by atoms with Crippen molar-refractivity contribution >= 4 is 60.5 Å². The topological polar surface area (TPSA) is 233 Å². The second-order valence-corrected chi connectivity index (χ2v) is 25.4. The molecule has 2 amide bonds. The number of nitrogens with zero attached hydrogens (tertiary/aromatic N) is 9. The standard InChI is InChI=1S/C28H29F2N7O5S.C27H33FN4O5S/c1-17-3-7-27(33-32-17)35(2)43(39,40)34-28(38)24-13-31-26-8-5-20(15-37(24)26)36-14-19(30)12-23(36)22-11-18(29)4-6-25(22)42-21-9-10-41-16-21;1-27(2,3)38(34,35)30-26(33)23-16-29-25-9-7-19(17-32(23)25)31-12-4-5-22(31)21-15-18(28)6-8-24(21)37-20-10-13-36-14-11-20/h3-8,11,13,15,19,21,23H,9-10,12,14,16H2,1-2H3,(H,34,38);6-9,15-17,20,22H,4-5,10-14H2,1-3H3,(H,30,33). The van der Waals surface area contributed by atoms with E-state index in [1.807, 2.05) is 10.8 Å². The summed E-state index contributed by atoms with van der Waals surface area (Å²) in [5, 5.41) is 7.70. The molecule has 2 aromatic carbocycles. The van der Waals surface area contributed by atoms with Crippen LogP contribution in [0, 0.1) is 18.6 Å². The van der Waals surface area contributed by atoms with E-state index in [9.17, 15) is 39.6 Å². The van der Waals surface area contributed by atoms with E-state index in [0.717, 1.165) is 47.8 Å². The highest BCUT2D eigenvalue weighted by molar-refractivity contribution is 7.91. The Balaban J connectivity index is 0.000000183. The van der Waals surface area contributed by atoms with Gasteiger partial charge in [0.2, 0.25) is 10.0 Å². The zero-order chi connectivity index (χ0) is 57.4. The van der Waals surface area contributed by atoms with Crippen LogP contribution in [-0.4, -0.2) is 127 Å². The summed E-state index contributed by atoms with van der Waals surface area (Å²) in [5.41, 5.74) is 4.16. The number of carbonyl (C=O) groups is 2. The van der Waals surface area contributed by atoms with Crippen molar-refractivity contribution in [3.63, 3.8) is 0 Å². The van der Waals surface area contributed by atoms with Gasteiger partial charge in [0.1, 0.15) is 64.2 Å². The van der Waals surface area contributed by atoms with Gasteiger partial charge in [-0.3, -0.25) is 18.4 Å². The number of imidazole rings is 2. The largest absolute Gasteiger partial charge is 0.490 e. The van der Waals surface area contributed by atoms with Crippen molar-refractivity contribution in [1.82, 2.24) is 38.4 Å². The van der Waals surface area contributed by atoms with Crippen LogP contribution < -0.4 is 33.0 Å². The Hall–Kier alpha value is -7.55. The molecular weight excluding hydrogens is 1100 g/mol. The summed E-state index contributed by atoms with van der Waals surface area (Å²) >= 11 is 0. The first-order valence-electron chi connectivity index (χ1n) is 26.5. The summed E-state index contributed by atoms with van der Waals surface area (Å²) in [6.45, 7) is 9.32. The zero-order valence-corrected chi connectivity index (χ0v) is 46.8. The van der Waals surface area contributed by atoms with Crippen LogP contribution in [0.3, 0.4) is 0 Å². The van der Waals surface area contributed by atoms with Gasteiger partial charge in [-0.2, -0.15) is 13.5 Å². The number of sulfonamides is 1. The summed E-state index contributed by atoms with van der Waals surface area (Å²) in [4.78, 5) is 38.6. The number of fused-ring (bicyclic) bond motifs is 2. The van der Waals surface area contributed by atoms with E-state index in [-0.39, 0.29) is 54.2 Å². The number of aryl methyl sites for hydroxylation is 1. The Labute approximate surface area is 466 Å². The Morgan fingerprint density at radius 1 is 0.704 bits per heavy atom. The van der Waals surface area contributed by atoms with Crippen LogP contribution in [0.1, 0.15) is 109 Å². The lowest BCUT2D eigenvalue weighted by molar-refractivity contribution is 0.0250. The second-order valence-electron chi connectivity index (χ2n) is 21.3. The Morgan fingerprint density at radius 3 is 1.85 bits per heavy atom. The quantitative estimate of drug-likeness (QED) is 0.108. The molecular formula is C55H62F3N11O10S2. The minimum absolute atomic E-state index is 0.0195. The Kier molecular flexibility index (Phi) is 16.2. The minimum Gasteiger partial charge on any atom is -0.490 e. The number of halogens is 3. The van der Waals surface area contributed by atoms with Crippen molar-refractivity contribution < 1.29 is 58.5 Å². The summed E-state index contributed by atoms with van der Waals surface area (Å²) in [6, 6.07) is 18.3. The number of hydrogen-bond acceptors (Lipinski definition) is 16. The highest BCUT2D eigenvalue weighted by Gasteiger charge is 2.38. The molecule has 4 aliphatic heterocycles. The van der Waals surface area contributed by atoms with Crippen LogP contribution in [0.25, 0.3) is 11.3 Å². The predicted octanol–water partition coefficient (Wildman–Crippen LogP) is 7.37. The number of hydrogen-bond donors (Lipinski definition) is 2. The maximum atomic E-state index is 15.0. The van der Waals surface area contributed by atoms with Crippen LogP contribution in [-0.2, 0) is 29.7 Å². The van der Waals surface area contributed by atoms with Gasteiger partial charge in [0.15, 0.2) is 5.82 Å². The fraction of sp³-hybridized carbons (Fsp3) is 0.418. The highest BCUT2D eigenvalue weighted by atomic mass is 32.2. The summed E-state index contributed by atoms with van der Waals surface area (Å²) in [7, 11) is -6.99. The minimum atomic E-state index is -4.35. The van der Waals surface area contributed by atoms with Crippen LogP contribution in [0.2, 0.25) is 0 Å². The van der Waals surface area contributed by atoms with Gasteiger partial charge in [0.25, 0.3) is 11.8 Å². The molecule has 5 aromatic heterocycles. The molecule has 4 saturated heterocycles. The molecule has 0 saturated carbocycles. The molecule has 81 heavy (non-hydrogen) atoms. The average Bonchev–Trinajstić information content (AvgIpc) is 4.32. The molecule has 0 spiro atoms. The molecule has 7 aromatic rings. The van der Waals surface area contributed by atoms with Gasteiger partial charge in [0, 0.05) is 69.3 Å². The van der Waals surface area contributed by atoms with Gasteiger partial charge >= 0.3 is 10.2 Å². The number of carbonyl (C=O) groups excluding carboxylic acids is 2. The van der Waals surface area contributed by atoms with E-state index in [4.69, 9.17) is 18.9 Å². The fourth-order valence-electron chi connectivity index (χ4n) is 10.2. The first-order chi connectivity index (χ1) is 38.6. The number of pyridine rings is 2. The lowest BCUT2D eigenvalue weighted by Gasteiger charge is -2.30. The average molecular weight is 1160 g/mol. The molecule has 4 atom stereocenters. The third-order valence-electron chi connectivity index (χ3n) is 14.6. The van der Waals surface area contributed by atoms with E-state index in [1.54, 1.807) is 71.1 Å². The molecule has 9 heterocycles. The zero-order valence-electron chi connectivity index (χ0n) is 45.2. The van der Waals surface area contributed by atoms with Crippen LogP contribution in [0.15, 0.2) is 97.6 Å². The number of benzene rings is 2. The molecule has 4 aliphatic rings. The fourth-order valence-corrected chi connectivity index (χ4v) is 11.6. The Morgan fingerprint density at radius 2 is 1.27 bits per heavy atom. The third kappa shape index (κ3) is 12.4. The number of rotatable bonds is 14. The van der Waals surface area contributed by atoms with Crippen LogP contribution in [0.4, 0.5) is 30.4 Å². The smallest absolute Gasteiger partial charge is 0.327 e. The number of anilines is 3. The number of nitrogens with one attached hydrogen (secondary N) is 2. The maximum absolute atomic E-state index is 15.0. The van der Waals surface area contributed by atoms with Gasteiger partial charge < -0.3 is 28.7 Å². The highest BCUT2D eigenvalue weighted by Crippen LogP contribution is 2.43. The van der Waals surface area contributed by atoms with Crippen LogP contribution >= 0.6 is 0 Å². The molecule has 2 N–H and O–H groups in total. The molecule has 21 nitrogen and oxygen atoms in total. The number of aromatic nitrogens is 6. The normalized spacial score (nSPS) is 19.9. The van der Waals surface area contributed by atoms with Crippen molar-refractivity contribution in [1.29, 1.82) is 0 Å². The maximum Gasteiger partial charge on any atom is 0.327 e. The van der Waals surface area contributed by atoms with Crippen LogP contribution in [0.5, 0.6) is 11.5 Å². The summed E-state index contributed by atoms with van der Waals surface area (Å²) in [5.74, 6) is -1.33. The molecule has 0 aliphatic carbocycles. The van der Waals surface area contributed by atoms with Crippen molar-refractivity contribution in [2.45, 2.75) is 101 Å². The van der Waals surface area contributed by atoms with E-state index < -0.39 is 54.8 Å². The summed E-state index contributed by atoms with van der Waals surface area (Å²) in [6.07, 6.45) is 8.69. The number of alkyl halides is 1. The van der Waals surface area contributed by atoms with Crippen molar-refractivity contribution in [3.05, 3.63) is 137 Å². The van der Waals surface area contributed by atoms with Gasteiger partial charge in [-0.05, 0) is 113 Å². The third-order valence-corrected chi connectivity index (χ3v) is 18.1. The molecule has 11 rings (SSSR count). The molecule has 4 unspecified atom stereocenters. The molecule has 0 bridgehead atoms. The van der Waals surface area contributed by atoms with Gasteiger partial charge in [-0.1, -0.05) is 0 Å². The molecule has 0 radical (unpaired) electrons. The van der Waals surface area contributed by atoms with Crippen molar-refractivity contribution in [3.8, 4) is 11.5 Å². The lowest BCUT2D eigenvalue weighted by Crippen LogP contribution is -2.42. The van der Waals surface area contributed by atoms with Gasteiger partial charge in [0.05, 0.1) is 72.7 Å². The molecule has 430 valence electrons.